The van der Waals surface area contributed by atoms with Crippen LogP contribution in [0.3, 0.4) is 0 Å². The Hall–Kier alpha value is -2.25. The monoisotopic (exact) mass is 281 g/mol. The third-order valence-corrected chi connectivity index (χ3v) is 3.50. The number of para-hydroxylation sites is 1. The summed E-state index contributed by atoms with van der Waals surface area (Å²) in [5, 5.41) is 11.9. The Labute approximate surface area is 123 Å². The highest BCUT2D eigenvalue weighted by molar-refractivity contribution is 8.13. The quantitative estimate of drug-likeness (QED) is 0.390. The molecule has 0 radical (unpaired) electrons. The molecule has 0 aliphatic carbocycles. The summed E-state index contributed by atoms with van der Waals surface area (Å²) in [7, 11) is 0. The second-order valence-electron chi connectivity index (χ2n) is 4.19. The zero-order chi connectivity index (χ0) is 14.4. The van der Waals surface area contributed by atoms with E-state index < -0.39 is 0 Å². The van der Waals surface area contributed by atoms with Crippen molar-refractivity contribution in [3.63, 3.8) is 0 Å². The van der Waals surface area contributed by atoms with Crippen LogP contribution in [0.25, 0.3) is 11.1 Å². The fourth-order valence-corrected chi connectivity index (χ4v) is 2.29. The number of hydrogen-bond acceptors (Lipinski definition) is 3. The van der Waals surface area contributed by atoms with Gasteiger partial charge >= 0.3 is 0 Å². The van der Waals surface area contributed by atoms with Gasteiger partial charge in [-0.15, -0.1) is 0 Å². The van der Waals surface area contributed by atoms with E-state index in [1.807, 2.05) is 48.8 Å². The lowest BCUT2D eigenvalue weighted by Gasteiger charge is -2.09. The number of aryl methyl sites for hydroxylation is 1. The maximum Gasteiger partial charge on any atom is 0.183 e. The highest BCUT2D eigenvalue weighted by Gasteiger charge is 2.07. The van der Waals surface area contributed by atoms with Gasteiger partial charge in [0.15, 0.2) is 11.4 Å². The van der Waals surface area contributed by atoms with Crippen LogP contribution in [0.5, 0.6) is 0 Å². The first-order valence-corrected chi connectivity index (χ1v) is 7.41. The first kappa shape index (κ1) is 14.2. The molecule has 3 nitrogen and oxygen atoms in total. The van der Waals surface area contributed by atoms with E-state index in [4.69, 9.17) is 5.26 Å². The first-order chi connectivity index (χ1) is 9.76. The molecule has 0 saturated carbocycles. The van der Waals surface area contributed by atoms with Crippen molar-refractivity contribution >= 4 is 22.6 Å². The standard InChI is InChI=1S/C16H15N3S/c1-12-7-3-4-8-13(12)14-9-5-6-10-15(14)19-16(20-2)18-11-17/h3-10H,1-2H3,(H,18,19). The Kier molecular flexibility index (Phi) is 4.80. The van der Waals surface area contributed by atoms with Crippen molar-refractivity contribution in [2.45, 2.75) is 6.92 Å². The van der Waals surface area contributed by atoms with E-state index in [0.717, 1.165) is 16.8 Å². The molecule has 4 heteroatoms. The third-order valence-electron chi connectivity index (χ3n) is 2.92. The molecule has 0 aliphatic heterocycles. The highest BCUT2D eigenvalue weighted by atomic mass is 32.2. The summed E-state index contributed by atoms with van der Waals surface area (Å²) in [5.74, 6) is 0. The van der Waals surface area contributed by atoms with Crippen LogP contribution >= 0.6 is 11.8 Å². The number of nitrogens with zero attached hydrogens (tertiary/aromatic N) is 2. The smallest absolute Gasteiger partial charge is 0.183 e. The summed E-state index contributed by atoms with van der Waals surface area (Å²) in [5.41, 5.74) is 4.28. The maximum absolute atomic E-state index is 8.72. The van der Waals surface area contributed by atoms with Crippen molar-refractivity contribution in [3.8, 4) is 17.3 Å². The lowest BCUT2D eigenvalue weighted by molar-refractivity contribution is 1.28. The fraction of sp³-hybridized carbons (Fsp3) is 0.125. The van der Waals surface area contributed by atoms with Gasteiger partial charge in [-0.25, -0.2) is 4.99 Å². The number of amidine groups is 1. The molecule has 100 valence electrons. The van der Waals surface area contributed by atoms with Crippen molar-refractivity contribution in [2.24, 2.45) is 4.99 Å². The van der Waals surface area contributed by atoms with Crippen molar-refractivity contribution in [1.82, 2.24) is 5.32 Å². The van der Waals surface area contributed by atoms with Gasteiger partial charge in [0.1, 0.15) is 0 Å². The van der Waals surface area contributed by atoms with Gasteiger partial charge in [0.05, 0.1) is 5.69 Å². The zero-order valence-corrected chi connectivity index (χ0v) is 12.2. The van der Waals surface area contributed by atoms with E-state index in [1.165, 1.54) is 17.3 Å². The largest absolute Gasteiger partial charge is 0.271 e. The number of benzene rings is 2. The summed E-state index contributed by atoms with van der Waals surface area (Å²) >= 11 is 1.41. The Morgan fingerprint density at radius 1 is 1.10 bits per heavy atom. The molecule has 0 aliphatic rings. The number of rotatable bonds is 2. The van der Waals surface area contributed by atoms with E-state index in [2.05, 4.69) is 29.4 Å². The average Bonchev–Trinajstić information content (AvgIpc) is 2.48. The number of aliphatic imine (C=N–C) groups is 1. The zero-order valence-electron chi connectivity index (χ0n) is 11.4. The molecule has 20 heavy (non-hydrogen) atoms. The number of thioether (sulfide) groups is 1. The summed E-state index contributed by atoms with van der Waals surface area (Å²) in [6.45, 7) is 2.08. The molecule has 0 atom stereocenters. The number of nitrogens with one attached hydrogen (secondary N) is 1. The van der Waals surface area contributed by atoms with Crippen molar-refractivity contribution < 1.29 is 0 Å². The minimum absolute atomic E-state index is 0.591. The molecule has 0 heterocycles. The van der Waals surface area contributed by atoms with Crippen molar-refractivity contribution in [3.05, 3.63) is 54.1 Å². The minimum atomic E-state index is 0.591. The summed E-state index contributed by atoms with van der Waals surface area (Å²) < 4.78 is 0. The normalized spacial score (nSPS) is 10.9. The van der Waals surface area contributed by atoms with Crippen molar-refractivity contribution in [2.75, 3.05) is 6.26 Å². The molecule has 0 aromatic heterocycles. The van der Waals surface area contributed by atoms with Gasteiger partial charge < -0.3 is 0 Å². The Morgan fingerprint density at radius 3 is 2.40 bits per heavy atom. The van der Waals surface area contributed by atoms with Crippen LogP contribution in [0.15, 0.2) is 53.5 Å². The SMILES string of the molecule is CSC(=Nc1ccccc1-c1ccccc1C)NC#N. The Morgan fingerprint density at radius 2 is 1.75 bits per heavy atom. The second kappa shape index (κ2) is 6.78. The molecule has 1 N–H and O–H groups in total. The molecule has 0 bridgehead atoms. The van der Waals surface area contributed by atoms with E-state index >= 15 is 0 Å². The van der Waals surface area contributed by atoms with Gasteiger partial charge in [-0.3, -0.25) is 5.32 Å². The first-order valence-electron chi connectivity index (χ1n) is 6.19. The molecule has 2 aromatic rings. The molecule has 0 saturated heterocycles. The molecule has 2 aromatic carbocycles. The summed E-state index contributed by atoms with van der Waals surface area (Å²) in [4.78, 5) is 4.53. The topological polar surface area (TPSA) is 48.2 Å². The molecular formula is C16H15N3S. The van der Waals surface area contributed by atoms with Gasteiger partial charge in [-0.2, -0.15) is 5.26 Å². The predicted octanol–water partition coefficient (Wildman–Crippen LogP) is 4.08. The van der Waals surface area contributed by atoms with Crippen molar-refractivity contribution in [1.29, 1.82) is 5.26 Å². The number of hydrogen-bond donors (Lipinski definition) is 1. The van der Waals surface area contributed by atoms with Gasteiger partial charge in [-0.1, -0.05) is 54.2 Å². The van der Waals surface area contributed by atoms with Crippen LogP contribution in [-0.2, 0) is 0 Å². The summed E-state index contributed by atoms with van der Waals surface area (Å²) in [6, 6.07) is 16.2. The van der Waals surface area contributed by atoms with Crippen LogP contribution < -0.4 is 5.32 Å². The van der Waals surface area contributed by atoms with Gasteiger partial charge in [0, 0.05) is 5.56 Å². The van der Waals surface area contributed by atoms with E-state index in [-0.39, 0.29) is 0 Å². The molecule has 2 rings (SSSR count). The van der Waals surface area contributed by atoms with Crippen LogP contribution in [0.4, 0.5) is 5.69 Å². The predicted molar refractivity (Wildman–Crippen MR) is 86.0 cm³/mol. The lowest BCUT2D eigenvalue weighted by atomic mass is 9.99. The molecular weight excluding hydrogens is 266 g/mol. The Balaban J connectivity index is 2.52. The molecule has 0 fully saturated rings. The van der Waals surface area contributed by atoms with E-state index in [0.29, 0.717) is 5.17 Å². The third kappa shape index (κ3) is 3.19. The van der Waals surface area contributed by atoms with Gasteiger partial charge in [0.25, 0.3) is 0 Å². The number of nitriles is 1. The second-order valence-corrected chi connectivity index (χ2v) is 4.98. The van der Waals surface area contributed by atoms with Crippen LogP contribution in [0.1, 0.15) is 5.56 Å². The van der Waals surface area contributed by atoms with Gasteiger partial charge in [-0.05, 0) is 30.4 Å². The van der Waals surface area contributed by atoms with Crippen LogP contribution in [0.2, 0.25) is 0 Å². The lowest BCUT2D eigenvalue weighted by Crippen LogP contribution is -2.12. The van der Waals surface area contributed by atoms with Gasteiger partial charge in [0.2, 0.25) is 0 Å². The van der Waals surface area contributed by atoms with E-state index in [1.54, 1.807) is 0 Å². The van der Waals surface area contributed by atoms with Crippen LogP contribution in [-0.4, -0.2) is 11.4 Å². The average molecular weight is 281 g/mol. The molecule has 0 spiro atoms. The minimum Gasteiger partial charge on any atom is -0.271 e. The van der Waals surface area contributed by atoms with Crippen LogP contribution in [0, 0.1) is 18.4 Å². The summed E-state index contributed by atoms with van der Waals surface area (Å²) in [6.07, 6.45) is 3.80. The fourth-order valence-electron chi connectivity index (χ4n) is 1.96. The molecule has 0 amide bonds. The molecule has 0 unspecified atom stereocenters. The Bertz CT molecular complexity index is 671. The van der Waals surface area contributed by atoms with E-state index in [9.17, 15) is 0 Å². The maximum atomic E-state index is 8.72. The highest BCUT2D eigenvalue weighted by Crippen LogP contribution is 2.32.